The van der Waals surface area contributed by atoms with Crippen LogP contribution in [0, 0.1) is 0 Å². The molecular formula is C10H9BrN4O2. The normalized spacial score (nSPS) is 10.4. The zero-order valence-electron chi connectivity index (χ0n) is 8.75. The molecule has 17 heavy (non-hydrogen) atoms. The predicted molar refractivity (Wildman–Crippen MR) is 62.8 cm³/mol. The Balaban J connectivity index is 2.24. The molecule has 1 aromatic heterocycles. The second kappa shape index (κ2) is 5.05. The highest BCUT2D eigenvalue weighted by atomic mass is 79.9. The van der Waals surface area contributed by atoms with Gasteiger partial charge < -0.3 is 5.11 Å². The number of carboxylic acid groups (broad SMARTS) is 1. The highest BCUT2D eigenvalue weighted by Gasteiger charge is 2.09. The summed E-state index contributed by atoms with van der Waals surface area (Å²) in [6, 6.07) is 7.45. The quantitative estimate of drug-likeness (QED) is 0.923. The lowest BCUT2D eigenvalue weighted by Crippen LogP contribution is -2.06. The van der Waals surface area contributed by atoms with Gasteiger partial charge in [-0.15, -0.1) is 5.10 Å². The maximum absolute atomic E-state index is 10.5. The standard InChI is InChI=1S/C10H9BrN4O2/c11-7-1-3-8(4-2-7)15-9(12-13-14-15)5-6-10(16)17/h1-4H,5-6H2,(H,16,17). The van der Waals surface area contributed by atoms with Crippen molar-refractivity contribution in [2.75, 3.05) is 0 Å². The van der Waals surface area contributed by atoms with E-state index in [1.54, 1.807) is 0 Å². The number of hydrogen-bond donors (Lipinski definition) is 1. The predicted octanol–water partition coefficient (Wildman–Crippen LogP) is 1.44. The zero-order valence-corrected chi connectivity index (χ0v) is 10.3. The fourth-order valence-electron chi connectivity index (χ4n) is 1.36. The van der Waals surface area contributed by atoms with Crippen LogP contribution >= 0.6 is 15.9 Å². The Bertz CT molecular complexity index is 523. The SMILES string of the molecule is O=C(O)CCc1nnnn1-c1ccc(Br)cc1. The van der Waals surface area contributed by atoms with Crippen molar-refractivity contribution >= 4 is 21.9 Å². The van der Waals surface area contributed by atoms with Crippen molar-refractivity contribution in [2.45, 2.75) is 12.8 Å². The molecule has 0 amide bonds. The molecule has 0 unspecified atom stereocenters. The highest BCUT2D eigenvalue weighted by molar-refractivity contribution is 9.10. The number of nitrogens with zero attached hydrogens (tertiary/aromatic N) is 4. The third kappa shape index (κ3) is 2.88. The summed E-state index contributed by atoms with van der Waals surface area (Å²) in [5, 5.41) is 19.8. The maximum atomic E-state index is 10.5. The Labute approximate surface area is 105 Å². The number of halogens is 1. The van der Waals surface area contributed by atoms with E-state index in [1.165, 1.54) is 4.68 Å². The van der Waals surface area contributed by atoms with Crippen LogP contribution in [0.2, 0.25) is 0 Å². The molecule has 0 aliphatic heterocycles. The van der Waals surface area contributed by atoms with Gasteiger partial charge in [0, 0.05) is 10.9 Å². The molecule has 2 rings (SSSR count). The molecule has 1 N–H and O–H groups in total. The summed E-state index contributed by atoms with van der Waals surface area (Å²) in [6.45, 7) is 0. The van der Waals surface area contributed by atoms with E-state index >= 15 is 0 Å². The monoisotopic (exact) mass is 296 g/mol. The summed E-state index contributed by atoms with van der Waals surface area (Å²) < 4.78 is 2.50. The lowest BCUT2D eigenvalue weighted by Gasteiger charge is -2.03. The molecule has 0 radical (unpaired) electrons. The molecule has 1 heterocycles. The van der Waals surface area contributed by atoms with Gasteiger partial charge in [-0.25, -0.2) is 0 Å². The van der Waals surface area contributed by atoms with E-state index in [0.717, 1.165) is 10.2 Å². The molecule has 0 aliphatic rings. The van der Waals surface area contributed by atoms with E-state index in [-0.39, 0.29) is 6.42 Å². The van der Waals surface area contributed by atoms with Crippen LogP contribution in [0.5, 0.6) is 0 Å². The van der Waals surface area contributed by atoms with Gasteiger partial charge in [-0.3, -0.25) is 4.79 Å². The van der Waals surface area contributed by atoms with Crippen molar-refractivity contribution in [2.24, 2.45) is 0 Å². The minimum atomic E-state index is -0.865. The minimum absolute atomic E-state index is 0.0108. The van der Waals surface area contributed by atoms with Gasteiger partial charge in [0.25, 0.3) is 0 Å². The molecule has 0 bridgehead atoms. The van der Waals surface area contributed by atoms with E-state index in [1.807, 2.05) is 24.3 Å². The topological polar surface area (TPSA) is 80.9 Å². The number of aliphatic carboxylic acids is 1. The minimum Gasteiger partial charge on any atom is -0.481 e. The van der Waals surface area contributed by atoms with Crippen molar-refractivity contribution in [1.82, 2.24) is 20.2 Å². The lowest BCUT2D eigenvalue weighted by atomic mass is 10.3. The highest BCUT2D eigenvalue weighted by Crippen LogP contribution is 2.14. The van der Waals surface area contributed by atoms with Gasteiger partial charge in [0.2, 0.25) is 0 Å². The summed E-state index contributed by atoms with van der Waals surface area (Å²) in [7, 11) is 0. The first-order valence-electron chi connectivity index (χ1n) is 4.92. The average molecular weight is 297 g/mol. The number of carboxylic acids is 1. The molecular weight excluding hydrogens is 288 g/mol. The molecule has 0 fully saturated rings. The smallest absolute Gasteiger partial charge is 0.303 e. The first-order chi connectivity index (χ1) is 8.16. The number of tetrazole rings is 1. The number of hydrogen-bond acceptors (Lipinski definition) is 4. The number of carbonyl (C=O) groups is 1. The summed E-state index contributed by atoms with van der Waals surface area (Å²) in [5.41, 5.74) is 0.804. The summed E-state index contributed by atoms with van der Waals surface area (Å²) in [5.74, 6) is -0.329. The van der Waals surface area contributed by atoms with Crippen molar-refractivity contribution < 1.29 is 9.90 Å². The van der Waals surface area contributed by atoms with Crippen LogP contribution < -0.4 is 0 Å². The molecule has 2 aromatic rings. The molecule has 0 aliphatic carbocycles. The van der Waals surface area contributed by atoms with Gasteiger partial charge in [-0.2, -0.15) is 4.68 Å². The summed E-state index contributed by atoms with van der Waals surface area (Å²) in [4.78, 5) is 10.5. The summed E-state index contributed by atoms with van der Waals surface area (Å²) in [6.07, 6.45) is 0.315. The second-order valence-corrected chi connectivity index (χ2v) is 4.29. The zero-order chi connectivity index (χ0) is 12.3. The Hall–Kier alpha value is -1.76. The Morgan fingerprint density at radius 2 is 2.06 bits per heavy atom. The molecule has 0 saturated carbocycles. The first-order valence-corrected chi connectivity index (χ1v) is 5.71. The van der Waals surface area contributed by atoms with Gasteiger partial charge in [0.05, 0.1) is 12.1 Å². The Kier molecular flexibility index (Phi) is 3.48. The molecule has 0 spiro atoms. The van der Waals surface area contributed by atoms with E-state index in [0.29, 0.717) is 12.2 Å². The van der Waals surface area contributed by atoms with Gasteiger partial charge in [0.1, 0.15) is 0 Å². The number of aryl methyl sites for hydroxylation is 1. The van der Waals surface area contributed by atoms with Crippen LogP contribution in [0.3, 0.4) is 0 Å². The van der Waals surface area contributed by atoms with Crippen molar-refractivity contribution in [3.8, 4) is 5.69 Å². The van der Waals surface area contributed by atoms with Crippen LogP contribution in [0.4, 0.5) is 0 Å². The van der Waals surface area contributed by atoms with Crippen LogP contribution in [0.1, 0.15) is 12.2 Å². The Morgan fingerprint density at radius 1 is 1.35 bits per heavy atom. The molecule has 0 atom stereocenters. The van der Waals surface area contributed by atoms with Crippen LogP contribution in [0.25, 0.3) is 5.69 Å². The van der Waals surface area contributed by atoms with Crippen LogP contribution in [-0.2, 0) is 11.2 Å². The fourth-order valence-corrected chi connectivity index (χ4v) is 1.63. The average Bonchev–Trinajstić information content (AvgIpc) is 2.75. The van der Waals surface area contributed by atoms with Crippen LogP contribution in [-0.4, -0.2) is 31.3 Å². The summed E-state index contributed by atoms with van der Waals surface area (Å²) >= 11 is 3.34. The van der Waals surface area contributed by atoms with Gasteiger partial charge in [0.15, 0.2) is 5.82 Å². The molecule has 7 heteroatoms. The number of rotatable bonds is 4. The van der Waals surface area contributed by atoms with Gasteiger partial charge in [-0.05, 0) is 34.7 Å². The van der Waals surface area contributed by atoms with Crippen molar-refractivity contribution in [3.05, 3.63) is 34.6 Å². The maximum Gasteiger partial charge on any atom is 0.303 e. The second-order valence-electron chi connectivity index (χ2n) is 3.38. The largest absolute Gasteiger partial charge is 0.481 e. The molecule has 0 saturated heterocycles. The van der Waals surface area contributed by atoms with E-state index in [9.17, 15) is 4.79 Å². The first kappa shape index (κ1) is 11.7. The molecule has 6 nitrogen and oxygen atoms in total. The number of benzene rings is 1. The van der Waals surface area contributed by atoms with E-state index in [2.05, 4.69) is 31.5 Å². The number of aromatic nitrogens is 4. The van der Waals surface area contributed by atoms with Crippen molar-refractivity contribution in [3.63, 3.8) is 0 Å². The molecule has 1 aromatic carbocycles. The third-order valence-electron chi connectivity index (χ3n) is 2.17. The lowest BCUT2D eigenvalue weighted by molar-refractivity contribution is -0.137. The molecule has 88 valence electrons. The fraction of sp³-hybridized carbons (Fsp3) is 0.200. The van der Waals surface area contributed by atoms with Gasteiger partial charge >= 0.3 is 5.97 Å². The van der Waals surface area contributed by atoms with E-state index in [4.69, 9.17) is 5.11 Å². The van der Waals surface area contributed by atoms with E-state index < -0.39 is 5.97 Å². The van der Waals surface area contributed by atoms with Crippen molar-refractivity contribution in [1.29, 1.82) is 0 Å². The Morgan fingerprint density at radius 3 is 2.71 bits per heavy atom. The van der Waals surface area contributed by atoms with Gasteiger partial charge in [-0.1, -0.05) is 15.9 Å². The third-order valence-corrected chi connectivity index (χ3v) is 2.70. The van der Waals surface area contributed by atoms with Crippen LogP contribution in [0.15, 0.2) is 28.7 Å².